The van der Waals surface area contributed by atoms with Gasteiger partial charge in [-0.05, 0) is 43.4 Å². The third-order valence-corrected chi connectivity index (χ3v) is 4.72. The van der Waals surface area contributed by atoms with Gasteiger partial charge in [-0.1, -0.05) is 19.8 Å². The smallest absolute Gasteiger partial charge is 0.137 e. The number of ketones is 1. The van der Waals surface area contributed by atoms with E-state index in [0.29, 0.717) is 18.2 Å². The molecule has 2 bridgehead atoms. The van der Waals surface area contributed by atoms with Crippen molar-refractivity contribution in [2.45, 2.75) is 51.9 Å². The first-order valence-corrected chi connectivity index (χ1v) is 6.97. The molecule has 2 rings (SSSR count). The number of hydrogen-bond acceptors (Lipinski definition) is 2. The Hall–Kier alpha value is -0.370. The zero-order valence-electron chi connectivity index (χ0n) is 10.5. The summed E-state index contributed by atoms with van der Waals surface area (Å²) in [5.74, 6) is 3.11. The molecule has 0 aromatic carbocycles. The Kier molecular flexibility index (Phi) is 4.01. The fourth-order valence-electron chi connectivity index (χ4n) is 3.81. The molecule has 0 spiro atoms. The van der Waals surface area contributed by atoms with Crippen LogP contribution in [0, 0.1) is 23.7 Å². The van der Waals surface area contributed by atoms with Crippen LogP contribution in [-0.2, 0) is 4.79 Å². The summed E-state index contributed by atoms with van der Waals surface area (Å²) < 4.78 is 0. The summed E-state index contributed by atoms with van der Waals surface area (Å²) in [6, 6.07) is 0. The van der Waals surface area contributed by atoms with Gasteiger partial charge in [0, 0.05) is 18.9 Å². The van der Waals surface area contributed by atoms with E-state index in [4.69, 9.17) is 5.73 Å². The predicted molar refractivity (Wildman–Crippen MR) is 66.0 cm³/mol. The SMILES string of the molecule is CCCC(CN)C(=O)CC1CC2CCC1C2. The molecule has 2 N–H and O–H groups in total. The van der Waals surface area contributed by atoms with Crippen molar-refractivity contribution in [3.8, 4) is 0 Å². The van der Waals surface area contributed by atoms with Gasteiger partial charge in [-0.2, -0.15) is 0 Å². The maximum atomic E-state index is 12.1. The van der Waals surface area contributed by atoms with E-state index in [9.17, 15) is 4.79 Å². The van der Waals surface area contributed by atoms with E-state index in [-0.39, 0.29) is 5.92 Å². The predicted octanol–water partition coefficient (Wildman–Crippen LogP) is 2.76. The van der Waals surface area contributed by atoms with Crippen LogP contribution >= 0.6 is 0 Å². The van der Waals surface area contributed by atoms with Crippen molar-refractivity contribution in [3.05, 3.63) is 0 Å². The summed E-state index contributed by atoms with van der Waals surface area (Å²) in [5, 5.41) is 0. The minimum Gasteiger partial charge on any atom is -0.330 e. The summed E-state index contributed by atoms with van der Waals surface area (Å²) in [4.78, 5) is 12.1. The van der Waals surface area contributed by atoms with Crippen LogP contribution in [0.25, 0.3) is 0 Å². The number of rotatable bonds is 6. The number of hydrogen-bond donors (Lipinski definition) is 1. The van der Waals surface area contributed by atoms with E-state index >= 15 is 0 Å². The molecule has 2 nitrogen and oxygen atoms in total. The summed E-state index contributed by atoms with van der Waals surface area (Å²) in [7, 11) is 0. The van der Waals surface area contributed by atoms with Crippen molar-refractivity contribution in [1.82, 2.24) is 0 Å². The van der Waals surface area contributed by atoms with E-state index in [1.807, 2.05) is 0 Å². The summed E-state index contributed by atoms with van der Waals surface area (Å²) in [5.41, 5.74) is 5.69. The van der Waals surface area contributed by atoms with E-state index < -0.39 is 0 Å². The van der Waals surface area contributed by atoms with Crippen molar-refractivity contribution in [2.75, 3.05) is 6.54 Å². The topological polar surface area (TPSA) is 43.1 Å². The Labute approximate surface area is 99.0 Å². The lowest BCUT2D eigenvalue weighted by Gasteiger charge is -2.23. The molecule has 16 heavy (non-hydrogen) atoms. The first kappa shape index (κ1) is 12.1. The number of Topliss-reactive ketones (excluding diaryl/α,β-unsaturated/α-hetero) is 1. The number of fused-ring (bicyclic) bond motifs is 2. The van der Waals surface area contributed by atoms with Crippen LogP contribution in [0.4, 0.5) is 0 Å². The fourth-order valence-corrected chi connectivity index (χ4v) is 3.81. The highest BCUT2D eigenvalue weighted by Gasteiger charge is 2.40. The van der Waals surface area contributed by atoms with Crippen LogP contribution in [0.5, 0.6) is 0 Å². The highest BCUT2D eigenvalue weighted by atomic mass is 16.1. The van der Waals surface area contributed by atoms with Gasteiger partial charge in [0.1, 0.15) is 5.78 Å². The highest BCUT2D eigenvalue weighted by molar-refractivity contribution is 5.81. The molecule has 2 fully saturated rings. The molecule has 4 unspecified atom stereocenters. The third-order valence-electron chi connectivity index (χ3n) is 4.72. The van der Waals surface area contributed by atoms with Crippen LogP contribution in [0.1, 0.15) is 51.9 Å². The van der Waals surface area contributed by atoms with Crippen molar-refractivity contribution < 1.29 is 4.79 Å². The number of carbonyl (C=O) groups is 1. The second kappa shape index (κ2) is 5.31. The molecule has 2 aliphatic carbocycles. The van der Waals surface area contributed by atoms with E-state index in [2.05, 4.69) is 6.92 Å². The summed E-state index contributed by atoms with van der Waals surface area (Å²) in [6.07, 6.45) is 8.40. The molecule has 2 saturated carbocycles. The Morgan fingerprint density at radius 2 is 2.19 bits per heavy atom. The van der Waals surface area contributed by atoms with E-state index in [0.717, 1.165) is 31.1 Å². The maximum absolute atomic E-state index is 12.1. The largest absolute Gasteiger partial charge is 0.330 e. The standard InChI is InChI=1S/C14H25NO/c1-2-3-12(9-15)14(16)8-13-7-10-4-5-11(13)6-10/h10-13H,2-9,15H2,1H3. The van der Waals surface area contributed by atoms with Crippen LogP contribution in [0.15, 0.2) is 0 Å². The van der Waals surface area contributed by atoms with Crippen LogP contribution in [0.3, 0.4) is 0 Å². The number of nitrogens with two attached hydrogens (primary N) is 1. The molecule has 0 aromatic rings. The van der Waals surface area contributed by atoms with Gasteiger partial charge in [-0.3, -0.25) is 4.79 Å². The second-order valence-electron chi connectivity index (χ2n) is 5.83. The molecule has 0 radical (unpaired) electrons. The molecule has 0 aromatic heterocycles. The van der Waals surface area contributed by atoms with E-state index in [1.54, 1.807) is 0 Å². The average molecular weight is 223 g/mol. The lowest BCUT2D eigenvalue weighted by atomic mass is 9.82. The highest BCUT2D eigenvalue weighted by Crippen LogP contribution is 2.49. The van der Waals surface area contributed by atoms with Crippen LogP contribution in [-0.4, -0.2) is 12.3 Å². The first-order chi connectivity index (χ1) is 7.74. The Bertz CT molecular complexity index is 251. The van der Waals surface area contributed by atoms with Gasteiger partial charge in [0.25, 0.3) is 0 Å². The zero-order valence-corrected chi connectivity index (χ0v) is 10.5. The third kappa shape index (κ3) is 2.48. The quantitative estimate of drug-likeness (QED) is 0.752. The molecule has 2 heteroatoms. The lowest BCUT2D eigenvalue weighted by molar-refractivity contribution is -0.124. The first-order valence-electron chi connectivity index (χ1n) is 6.97. The zero-order chi connectivity index (χ0) is 11.5. The van der Waals surface area contributed by atoms with Gasteiger partial charge in [0.05, 0.1) is 0 Å². The minimum absolute atomic E-state index is 0.143. The molecule has 0 saturated heterocycles. The molecular weight excluding hydrogens is 198 g/mol. The molecule has 92 valence electrons. The second-order valence-corrected chi connectivity index (χ2v) is 5.83. The molecule has 0 amide bonds. The maximum Gasteiger partial charge on any atom is 0.137 e. The van der Waals surface area contributed by atoms with Gasteiger partial charge in [0.2, 0.25) is 0 Å². The average Bonchev–Trinajstić information content (AvgIpc) is 2.87. The van der Waals surface area contributed by atoms with Crippen molar-refractivity contribution in [2.24, 2.45) is 29.4 Å². The minimum atomic E-state index is 0.143. The number of carbonyl (C=O) groups excluding carboxylic acids is 1. The Balaban J connectivity index is 1.82. The molecule has 0 heterocycles. The summed E-state index contributed by atoms with van der Waals surface area (Å²) >= 11 is 0. The molecule has 0 aliphatic heterocycles. The van der Waals surface area contributed by atoms with Crippen LogP contribution in [0.2, 0.25) is 0 Å². The van der Waals surface area contributed by atoms with Gasteiger partial charge in [-0.25, -0.2) is 0 Å². The van der Waals surface area contributed by atoms with E-state index in [1.165, 1.54) is 25.7 Å². The van der Waals surface area contributed by atoms with Crippen molar-refractivity contribution in [1.29, 1.82) is 0 Å². The Morgan fingerprint density at radius 1 is 1.38 bits per heavy atom. The monoisotopic (exact) mass is 223 g/mol. The molecule has 4 atom stereocenters. The lowest BCUT2D eigenvalue weighted by Crippen LogP contribution is -2.26. The fraction of sp³-hybridized carbons (Fsp3) is 0.929. The van der Waals surface area contributed by atoms with Crippen molar-refractivity contribution in [3.63, 3.8) is 0 Å². The van der Waals surface area contributed by atoms with Crippen LogP contribution < -0.4 is 5.73 Å². The summed E-state index contributed by atoms with van der Waals surface area (Å²) in [6.45, 7) is 2.68. The molecular formula is C14H25NO. The van der Waals surface area contributed by atoms with Gasteiger partial charge >= 0.3 is 0 Å². The van der Waals surface area contributed by atoms with Gasteiger partial charge in [-0.15, -0.1) is 0 Å². The van der Waals surface area contributed by atoms with Gasteiger partial charge in [0.15, 0.2) is 0 Å². The van der Waals surface area contributed by atoms with Gasteiger partial charge < -0.3 is 5.73 Å². The van der Waals surface area contributed by atoms with Crippen molar-refractivity contribution >= 4 is 5.78 Å². The Morgan fingerprint density at radius 3 is 2.69 bits per heavy atom. The molecule has 2 aliphatic rings. The normalized spacial score (nSPS) is 34.2.